The Morgan fingerprint density at radius 3 is 2.76 bits per heavy atom. The maximum Gasteiger partial charge on any atom is 0.179 e. The summed E-state index contributed by atoms with van der Waals surface area (Å²) in [6.07, 6.45) is 1.53. The minimum atomic E-state index is -0.437. The second-order valence-corrected chi connectivity index (χ2v) is 4.46. The van der Waals surface area contributed by atoms with Gasteiger partial charge in [0.1, 0.15) is 11.6 Å². The Morgan fingerprint density at radius 2 is 2.00 bits per heavy atom. The van der Waals surface area contributed by atoms with E-state index >= 15 is 0 Å². The highest BCUT2D eigenvalue weighted by molar-refractivity contribution is 5.72. The summed E-state index contributed by atoms with van der Waals surface area (Å²) in [6, 6.07) is 3.62. The van der Waals surface area contributed by atoms with Crippen molar-refractivity contribution in [3.05, 3.63) is 18.0 Å². The zero-order valence-corrected chi connectivity index (χ0v) is 9.44. The van der Waals surface area contributed by atoms with Gasteiger partial charge >= 0.3 is 0 Å². The van der Waals surface area contributed by atoms with Crippen LogP contribution in [-0.2, 0) is 10.3 Å². The van der Waals surface area contributed by atoms with Gasteiger partial charge < -0.3 is 21.2 Å². The molecule has 0 aromatic carbocycles. The molecule has 1 aliphatic heterocycles. The summed E-state index contributed by atoms with van der Waals surface area (Å²) < 4.78 is 5.32. The number of pyridine rings is 1. The van der Waals surface area contributed by atoms with Crippen molar-refractivity contribution in [2.75, 3.05) is 18.9 Å². The van der Waals surface area contributed by atoms with Crippen molar-refractivity contribution >= 4 is 17.0 Å². The number of imidazole rings is 1. The van der Waals surface area contributed by atoms with Crippen LogP contribution in [0.5, 0.6) is 0 Å². The average molecular weight is 233 g/mol. The van der Waals surface area contributed by atoms with Gasteiger partial charge in [-0.3, -0.25) is 0 Å². The second kappa shape index (κ2) is 3.68. The molecule has 0 amide bonds. The van der Waals surface area contributed by atoms with Crippen LogP contribution in [-0.4, -0.2) is 28.2 Å². The van der Waals surface area contributed by atoms with Crippen LogP contribution >= 0.6 is 0 Å². The molecule has 6 heteroatoms. The van der Waals surface area contributed by atoms with Crippen molar-refractivity contribution in [3.63, 3.8) is 0 Å². The first-order valence-electron chi connectivity index (χ1n) is 5.67. The predicted molar refractivity (Wildman–Crippen MR) is 64.2 cm³/mol. The van der Waals surface area contributed by atoms with Crippen molar-refractivity contribution in [1.29, 1.82) is 0 Å². The van der Waals surface area contributed by atoms with Crippen LogP contribution in [0.1, 0.15) is 18.7 Å². The minimum Gasteiger partial charge on any atom is -0.384 e. The van der Waals surface area contributed by atoms with Crippen molar-refractivity contribution in [1.82, 2.24) is 15.0 Å². The molecule has 3 rings (SSSR count). The molecular weight excluding hydrogens is 218 g/mol. The number of nitrogens with zero attached hydrogens (tertiary/aromatic N) is 2. The van der Waals surface area contributed by atoms with Crippen LogP contribution in [0.4, 0.5) is 5.82 Å². The number of nitrogens with one attached hydrogen (secondary N) is 1. The Morgan fingerprint density at radius 1 is 1.24 bits per heavy atom. The Labute approximate surface area is 98.4 Å². The van der Waals surface area contributed by atoms with E-state index in [2.05, 4.69) is 15.0 Å². The molecule has 0 saturated carbocycles. The largest absolute Gasteiger partial charge is 0.384 e. The first-order valence-corrected chi connectivity index (χ1v) is 5.67. The third kappa shape index (κ3) is 1.75. The van der Waals surface area contributed by atoms with Gasteiger partial charge in [0.15, 0.2) is 5.65 Å². The highest BCUT2D eigenvalue weighted by atomic mass is 16.5. The van der Waals surface area contributed by atoms with Gasteiger partial charge in [-0.1, -0.05) is 0 Å². The van der Waals surface area contributed by atoms with E-state index in [1.54, 1.807) is 6.07 Å². The fourth-order valence-electron chi connectivity index (χ4n) is 2.12. The monoisotopic (exact) mass is 233 g/mol. The van der Waals surface area contributed by atoms with E-state index in [1.807, 2.05) is 6.07 Å². The van der Waals surface area contributed by atoms with Crippen molar-refractivity contribution in [2.24, 2.45) is 5.73 Å². The Balaban J connectivity index is 2.05. The van der Waals surface area contributed by atoms with Crippen LogP contribution in [0.3, 0.4) is 0 Å². The molecule has 1 aliphatic rings. The SMILES string of the molecule is Nc1ccc2[nH]c(C3(N)CCOCC3)nc2n1. The van der Waals surface area contributed by atoms with E-state index in [0.29, 0.717) is 24.7 Å². The number of anilines is 1. The Bertz CT molecular complexity index is 544. The summed E-state index contributed by atoms with van der Waals surface area (Å²) in [7, 11) is 0. The van der Waals surface area contributed by atoms with Crippen molar-refractivity contribution < 1.29 is 4.74 Å². The van der Waals surface area contributed by atoms with Crippen LogP contribution in [0.15, 0.2) is 12.1 Å². The smallest absolute Gasteiger partial charge is 0.179 e. The van der Waals surface area contributed by atoms with Gasteiger partial charge in [0.25, 0.3) is 0 Å². The molecule has 6 nitrogen and oxygen atoms in total. The first-order chi connectivity index (χ1) is 8.17. The molecule has 1 saturated heterocycles. The van der Waals surface area contributed by atoms with E-state index in [1.165, 1.54) is 0 Å². The van der Waals surface area contributed by atoms with Crippen LogP contribution in [0.2, 0.25) is 0 Å². The van der Waals surface area contributed by atoms with Gasteiger partial charge in [-0.05, 0) is 25.0 Å². The molecule has 0 aliphatic carbocycles. The molecule has 0 bridgehead atoms. The summed E-state index contributed by atoms with van der Waals surface area (Å²) in [5.41, 5.74) is 13.0. The molecular formula is C11H15N5O. The number of fused-ring (bicyclic) bond motifs is 1. The van der Waals surface area contributed by atoms with Crippen molar-refractivity contribution in [2.45, 2.75) is 18.4 Å². The molecule has 1 fully saturated rings. The fourth-order valence-corrected chi connectivity index (χ4v) is 2.12. The van der Waals surface area contributed by atoms with E-state index in [9.17, 15) is 0 Å². The van der Waals surface area contributed by atoms with Gasteiger partial charge in [0.2, 0.25) is 0 Å². The third-order valence-electron chi connectivity index (χ3n) is 3.22. The van der Waals surface area contributed by atoms with Gasteiger partial charge in [0.05, 0.1) is 11.1 Å². The van der Waals surface area contributed by atoms with Gasteiger partial charge in [-0.2, -0.15) is 0 Å². The number of aromatic nitrogens is 3. The lowest BCUT2D eigenvalue weighted by atomic mass is 9.91. The number of hydrogen-bond donors (Lipinski definition) is 3. The topological polar surface area (TPSA) is 103 Å². The van der Waals surface area contributed by atoms with E-state index < -0.39 is 5.54 Å². The molecule has 2 aromatic heterocycles. The molecule has 17 heavy (non-hydrogen) atoms. The fraction of sp³-hybridized carbons (Fsp3) is 0.455. The number of nitrogens with two attached hydrogens (primary N) is 2. The number of nitrogen functional groups attached to an aromatic ring is 1. The van der Waals surface area contributed by atoms with E-state index in [-0.39, 0.29) is 0 Å². The van der Waals surface area contributed by atoms with Crippen LogP contribution in [0, 0.1) is 0 Å². The number of rotatable bonds is 1. The van der Waals surface area contributed by atoms with Crippen molar-refractivity contribution in [3.8, 4) is 0 Å². The molecule has 0 unspecified atom stereocenters. The summed E-state index contributed by atoms with van der Waals surface area (Å²) >= 11 is 0. The molecule has 0 atom stereocenters. The summed E-state index contributed by atoms with van der Waals surface area (Å²) in [4.78, 5) is 11.8. The summed E-state index contributed by atoms with van der Waals surface area (Å²) in [6.45, 7) is 1.34. The normalized spacial score (nSPS) is 19.6. The van der Waals surface area contributed by atoms with Crippen LogP contribution in [0.25, 0.3) is 11.2 Å². The van der Waals surface area contributed by atoms with Gasteiger partial charge in [0, 0.05) is 13.2 Å². The van der Waals surface area contributed by atoms with E-state index in [0.717, 1.165) is 24.2 Å². The van der Waals surface area contributed by atoms with Gasteiger partial charge in [-0.25, -0.2) is 9.97 Å². The standard InChI is InChI=1S/C11H15N5O/c12-8-2-1-7-9(15-8)16-10(14-7)11(13)3-5-17-6-4-11/h1-2H,3-6,13H2,(H3,12,14,15,16). The molecule has 3 heterocycles. The predicted octanol–water partition coefficient (Wildman–Crippen LogP) is 0.504. The quantitative estimate of drug-likeness (QED) is 0.665. The number of H-pyrrole nitrogens is 1. The number of ether oxygens (including phenoxy) is 1. The zero-order chi connectivity index (χ0) is 11.9. The van der Waals surface area contributed by atoms with Gasteiger partial charge in [-0.15, -0.1) is 0 Å². The number of hydrogen-bond acceptors (Lipinski definition) is 5. The highest BCUT2D eigenvalue weighted by Gasteiger charge is 2.33. The molecule has 2 aromatic rings. The maximum absolute atomic E-state index is 6.35. The Kier molecular flexibility index (Phi) is 2.27. The molecule has 0 radical (unpaired) electrons. The molecule has 0 spiro atoms. The summed E-state index contributed by atoms with van der Waals surface area (Å²) in [5, 5.41) is 0. The lowest BCUT2D eigenvalue weighted by molar-refractivity contribution is 0.0496. The van der Waals surface area contributed by atoms with E-state index in [4.69, 9.17) is 16.2 Å². The molecule has 90 valence electrons. The highest BCUT2D eigenvalue weighted by Crippen LogP contribution is 2.28. The third-order valence-corrected chi connectivity index (χ3v) is 3.22. The minimum absolute atomic E-state index is 0.437. The average Bonchev–Trinajstić information content (AvgIpc) is 2.73. The maximum atomic E-state index is 6.35. The lowest BCUT2D eigenvalue weighted by Crippen LogP contribution is -2.43. The zero-order valence-electron chi connectivity index (χ0n) is 9.44. The number of aromatic amines is 1. The second-order valence-electron chi connectivity index (χ2n) is 4.46. The van der Waals surface area contributed by atoms with Crippen LogP contribution < -0.4 is 11.5 Å². The molecule has 5 N–H and O–H groups in total. The first kappa shape index (κ1) is 10.5. The summed E-state index contributed by atoms with van der Waals surface area (Å²) in [5.74, 6) is 1.24. The lowest BCUT2D eigenvalue weighted by Gasteiger charge is -2.31. The Hall–Kier alpha value is -1.66.